The maximum absolute atomic E-state index is 13.5. The van der Waals surface area contributed by atoms with E-state index in [4.69, 9.17) is 0 Å². The van der Waals surface area contributed by atoms with E-state index in [1.165, 1.54) is 55.4 Å². The van der Waals surface area contributed by atoms with E-state index in [1.54, 1.807) is 24.3 Å². The van der Waals surface area contributed by atoms with Gasteiger partial charge >= 0.3 is 0 Å². The summed E-state index contributed by atoms with van der Waals surface area (Å²) in [5, 5.41) is 0. The molecule has 11 heteroatoms. The number of hydrogen-bond donors (Lipinski definition) is 0. The molecule has 1 amide bonds. The molecule has 35 heavy (non-hydrogen) atoms. The number of sulfonamides is 2. The van der Waals surface area contributed by atoms with Crippen LogP contribution in [0, 0.1) is 5.82 Å². The summed E-state index contributed by atoms with van der Waals surface area (Å²) in [6, 6.07) is 17.1. The molecule has 0 saturated heterocycles. The first-order valence-corrected chi connectivity index (χ1v) is 13.6. The van der Waals surface area contributed by atoms with Gasteiger partial charge in [-0.2, -0.15) is 0 Å². The molecule has 4 rings (SSSR count). The molecule has 8 nitrogen and oxygen atoms in total. The number of carbonyl (C=O) groups is 1. The van der Waals surface area contributed by atoms with E-state index in [0.717, 1.165) is 20.7 Å². The number of carbonyl (C=O) groups excluding carboxylic acids is 1. The third-order valence-corrected chi connectivity index (χ3v) is 9.35. The van der Waals surface area contributed by atoms with Crippen molar-refractivity contribution in [1.82, 2.24) is 4.31 Å². The van der Waals surface area contributed by atoms with E-state index in [9.17, 15) is 26.0 Å². The van der Waals surface area contributed by atoms with Crippen LogP contribution >= 0.6 is 0 Å². The van der Waals surface area contributed by atoms with Gasteiger partial charge in [-0.05, 0) is 66.6 Å². The lowest BCUT2D eigenvalue weighted by Crippen LogP contribution is -2.42. The second-order valence-corrected chi connectivity index (χ2v) is 12.2. The molecular weight excluding hydrogens is 493 g/mol. The molecule has 184 valence electrons. The van der Waals surface area contributed by atoms with Crippen LogP contribution in [0.15, 0.2) is 82.6 Å². The van der Waals surface area contributed by atoms with Crippen molar-refractivity contribution < 1.29 is 26.0 Å². The SMILES string of the molecule is CN(C)S(=O)(=O)c1ccc2c(c1)CCN2C(=O)CN(c1ccc(F)cc1)S(=O)(=O)c1ccccc1. The molecule has 0 fully saturated rings. The molecule has 0 radical (unpaired) electrons. The number of rotatable bonds is 7. The molecule has 1 aliphatic rings. The molecule has 0 spiro atoms. The minimum atomic E-state index is -4.13. The van der Waals surface area contributed by atoms with Crippen LogP contribution in [0.5, 0.6) is 0 Å². The van der Waals surface area contributed by atoms with Crippen molar-refractivity contribution in [3.63, 3.8) is 0 Å². The smallest absolute Gasteiger partial charge is 0.264 e. The molecule has 1 heterocycles. The monoisotopic (exact) mass is 517 g/mol. The van der Waals surface area contributed by atoms with Gasteiger partial charge in [0.15, 0.2) is 0 Å². The van der Waals surface area contributed by atoms with Crippen LogP contribution in [-0.4, -0.2) is 54.2 Å². The first-order valence-electron chi connectivity index (χ1n) is 10.7. The highest BCUT2D eigenvalue weighted by molar-refractivity contribution is 7.92. The third kappa shape index (κ3) is 4.79. The fourth-order valence-corrected chi connectivity index (χ4v) is 6.25. The Morgan fingerprint density at radius 1 is 0.886 bits per heavy atom. The van der Waals surface area contributed by atoms with E-state index in [0.29, 0.717) is 17.7 Å². The van der Waals surface area contributed by atoms with Crippen LogP contribution < -0.4 is 9.21 Å². The average molecular weight is 518 g/mol. The molecule has 3 aromatic rings. The zero-order valence-corrected chi connectivity index (χ0v) is 20.8. The standard InChI is InChI=1S/C24H24FN3O5S2/c1-26(2)34(30,31)22-12-13-23-18(16-22)14-15-27(23)24(29)17-28(20-10-8-19(25)9-11-20)35(32,33)21-6-4-3-5-7-21/h3-13,16H,14-15,17H2,1-2H3. The van der Waals surface area contributed by atoms with Crippen molar-refractivity contribution in [2.24, 2.45) is 0 Å². The maximum Gasteiger partial charge on any atom is 0.264 e. The molecule has 0 N–H and O–H groups in total. The van der Waals surface area contributed by atoms with Gasteiger partial charge in [0.25, 0.3) is 10.0 Å². The Morgan fingerprint density at radius 2 is 1.54 bits per heavy atom. The largest absolute Gasteiger partial charge is 0.310 e. The normalized spacial score (nSPS) is 13.7. The van der Waals surface area contributed by atoms with Crippen molar-refractivity contribution in [3.8, 4) is 0 Å². The predicted molar refractivity (Wildman–Crippen MR) is 131 cm³/mol. The number of benzene rings is 3. The van der Waals surface area contributed by atoms with Crippen LogP contribution in [0.3, 0.4) is 0 Å². The lowest BCUT2D eigenvalue weighted by molar-refractivity contribution is -0.117. The van der Waals surface area contributed by atoms with E-state index in [1.807, 2.05) is 0 Å². The van der Waals surface area contributed by atoms with Gasteiger partial charge in [-0.25, -0.2) is 25.5 Å². The second-order valence-electron chi connectivity index (χ2n) is 8.17. The van der Waals surface area contributed by atoms with E-state index in [-0.39, 0.29) is 22.0 Å². The Kier molecular flexibility index (Phi) is 6.67. The Morgan fingerprint density at radius 3 is 2.17 bits per heavy atom. The molecule has 0 unspecified atom stereocenters. The van der Waals surface area contributed by atoms with Gasteiger partial charge in [-0.15, -0.1) is 0 Å². The minimum Gasteiger partial charge on any atom is -0.310 e. The van der Waals surface area contributed by atoms with Gasteiger partial charge in [-0.1, -0.05) is 18.2 Å². The van der Waals surface area contributed by atoms with Crippen LogP contribution in [0.2, 0.25) is 0 Å². The zero-order valence-electron chi connectivity index (χ0n) is 19.1. The molecule has 0 saturated carbocycles. The van der Waals surface area contributed by atoms with E-state index >= 15 is 0 Å². The summed E-state index contributed by atoms with van der Waals surface area (Å²) in [5.41, 5.74) is 1.36. The molecule has 0 bridgehead atoms. The van der Waals surface area contributed by atoms with Gasteiger partial charge in [0, 0.05) is 26.3 Å². The molecule has 0 aliphatic carbocycles. The number of nitrogens with zero attached hydrogens (tertiary/aromatic N) is 3. The van der Waals surface area contributed by atoms with Crippen molar-refractivity contribution in [2.75, 3.05) is 36.4 Å². The van der Waals surface area contributed by atoms with Gasteiger partial charge < -0.3 is 4.90 Å². The lowest BCUT2D eigenvalue weighted by atomic mass is 10.2. The molecule has 0 atom stereocenters. The first kappa shape index (κ1) is 24.8. The van der Waals surface area contributed by atoms with Gasteiger partial charge in [0.05, 0.1) is 15.5 Å². The summed E-state index contributed by atoms with van der Waals surface area (Å²) in [7, 11) is -4.88. The summed E-state index contributed by atoms with van der Waals surface area (Å²) in [4.78, 5) is 14.9. The van der Waals surface area contributed by atoms with Crippen molar-refractivity contribution in [2.45, 2.75) is 16.2 Å². The Bertz CT molecular complexity index is 1460. The predicted octanol–water partition coefficient (Wildman–Crippen LogP) is 2.86. The van der Waals surface area contributed by atoms with Crippen LogP contribution in [0.4, 0.5) is 15.8 Å². The third-order valence-electron chi connectivity index (χ3n) is 5.75. The number of anilines is 2. The fraction of sp³-hybridized carbons (Fsp3) is 0.208. The number of hydrogen-bond acceptors (Lipinski definition) is 5. The Hall–Kier alpha value is -3.28. The first-order chi connectivity index (χ1) is 16.5. The Balaban J connectivity index is 1.67. The van der Waals surface area contributed by atoms with Crippen molar-refractivity contribution >= 4 is 37.3 Å². The van der Waals surface area contributed by atoms with Gasteiger partial charge in [0.2, 0.25) is 15.9 Å². The van der Waals surface area contributed by atoms with Gasteiger partial charge in [0.1, 0.15) is 12.4 Å². The van der Waals surface area contributed by atoms with Crippen LogP contribution in [0.1, 0.15) is 5.56 Å². The molecular formula is C24H24FN3O5S2. The highest BCUT2D eigenvalue weighted by atomic mass is 32.2. The number of fused-ring (bicyclic) bond motifs is 1. The summed E-state index contributed by atoms with van der Waals surface area (Å²) < 4.78 is 67.4. The van der Waals surface area contributed by atoms with Crippen molar-refractivity contribution in [1.29, 1.82) is 0 Å². The summed E-state index contributed by atoms with van der Waals surface area (Å²) in [6.07, 6.45) is 0.430. The quantitative estimate of drug-likeness (QED) is 0.480. The van der Waals surface area contributed by atoms with E-state index in [2.05, 4.69) is 0 Å². The highest BCUT2D eigenvalue weighted by Gasteiger charge is 2.32. The molecule has 3 aromatic carbocycles. The Labute approximate surface area is 204 Å². The zero-order chi connectivity index (χ0) is 25.4. The number of halogens is 1. The summed E-state index contributed by atoms with van der Waals surface area (Å²) in [5.74, 6) is -1.02. The van der Waals surface area contributed by atoms with Crippen LogP contribution in [-0.2, 0) is 31.3 Å². The van der Waals surface area contributed by atoms with Gasteiger partial charge in [-0.3, -0.25) is 9.10 Å². The maximum atomic E-state index is 13.5. The fourth-order valence-electron chi connectivity index (χ4n) is 3.86. The van der Waals surface area contributed by atoms with Crippen molar-refractivity contribution in [3.05, 3.63) is 84.2 Å². The highest BCUT2D eigenvalue weighted by Crippen LogP contribution is 2.32. The molecule has 0 aromatic heterocycles. The summed E-state index contributed by atoms with van der Waals surface area (Å²) >= 11 is 0. The lowest BCUT2D eigenvalue weighted by Gasteiger charge is -2.27. The average Bonchev–Trinajstić information content (AvgIpc) is 3.27. The summed E-state index contributed by atoms with van der Waals surface area (Å²) in [6.45, 7) is -0.234. The van der Waals surface area contributed by atoms with E-state index < -0.39 is 38.3 Å². The van der Waals surface area contributed by atoms with Crippen LogP contribution in [0.25, 0.3) is 0 Å². The topological polar surface area (TPSA) is 95.1 Å². The minimum absolute atomic E-state index is 0.00233. The number of amides is 1. The second kappa shape index (κ2) is 9.40. The molecule has 1 aliphatic heterocycles.